The van der Waals surface area contributed by atoms with Gasteiger partial charge in [-0.25, -0.2) is 0 Å². The van der Waals surface area contributed by atoms with Crippen molar-refractivity contribution in [2.75, 3.05) is 13.2 Å². The van der Waals surface area contributed by atoms with Gasteiger partial charge in [-0.2, -0.15) is 0 Å². The molecule has 0 rings (SSSR count). The molecular formula is C55H108O5. The summed E-state index contributed by atoms with van der Waals surface area (Å²) in [5.74, 6) is -0.566. The maximum Gasteiger partial charge on any atom is 0.306 e. The van der Waals surface area contributed by atoms with Crippen LogP contribution in [0.4, 0.5) is 0 Å². The molecule has 0 radical (unpaired) electrons. The highest BCUT2D eigenvalue weighted by Gasteiger charge is 2.16. The number of carbonyl (C=O) groups is 2. The lowest BCUT2D eigenvalue weighted by molar-refractivity contribution is -0.161. The van der Waals surface area contributed by atoms with E-state index in [1.165, 1.54) is 263 Å². The van der Waals surface area contributed by atoms with Gasteiger partial charge in [-0.05, 0) is 12.8 Å². The molecule has 0 aliphatic carbocycles. The highest BCUT2D eigenvalue weighted by atomic mass is 16.6. The predicted octanol–water partition coefficient (Wildman–Crippen LogP) is 18.2. The van der Waals surface area contributed by atoms with E-state index in [1.807, 2.05) is 0 Å². The van der Waals surface area contributed by atoms with Crippen molar-refractivity contribution in [1.29, 1.82) is 0 Å². The van der Waals surface area contributed by atoms with Gasteiger partial charge in [0.05, 0.1) is 6.61 Å². The summed E-state index contributed by atoms with van der Waals surface area (Å²) in [6, 6.07) is 0. The van der Waals surface area contributed by atoms with Crippen molar-refractivity contribution in [2.45, 2.75) is 328 Å². The fraction of sp³-hybridized carbons (Fsp3) is 0.964. The van der Waals surface area contributed by atoms with E-state index in [2.05, 4.69) is 13.8 Å². The first-order valence-corrected chi connectivity index (χ1v) is 27.6. The highest BCUT2D eigenvalue weighted by molar-refractivity contribution is 5.70. The Labute approximate surface area is 376 Å². The van der Waals surface area contributed by atoms with E-state index < -0.39 is 6.10 Å². The predicted molar refractivity (Wildman–Crippen MR) is 261 cm³/mol. The van der Waals surface area contributed by atoms with Crippen LogP contribution in [0.2, 0.25) is 0 Å². The highest BCUT2D eigenvalue weighted by Crippen LogP contribution is 2.18. The average Bonchev–Trinajstić information content (AvgIpc) is 3.25. The van der Waals surface area contributed by atoms with Crippen LogP contribution in [0.25, 0.3) is 0 Å². The minimum absolute atomic E-state index is 0.0561. The monoisotopic (exact) mass is 849 g/mol. The summed E-state index contributed by atoms with van der Waals surface area (Å²) in [7, 11) is 0. The summed E-state index contributed by atoms with van der Waals surface area (Å²) in [4.78, 5) is 24.4. The second-order valence-electron chi connectivity index (χ2n) is 19.0. The third-order valence-electron chi connectivity index (χ3n) is 12.9. The molecule has 0 aromatic heterocycles. The molecule has 0 amide bonds. The number of aliphatic hydroxyl groups excluding tert-OH is 1. The summed E-state index contributed by atoms with van der Waals surface area (Å²) in [5, 5.41) is 9.62. The van der Waals surface area contributed by atoms with Crippen LogP contribution in [0.3, 0.4) is 0 Å². The molecule has 1 N–H and O–H groups in total. The standard InChI is InChI=1S/C55H108O5/c1-3-5-7-9-11-13-15-17-19-20-21-22-23-24-25-26-27-28-29-30-31-32-33-34-36-38-40-42-44-46-48-50-55(58)60-53(51-56)52-59-54(57)49-47-45-43-41-39-37-35-18-16-14-12-10-8-6-4-2/h53,56H,3-52H2,1-2H3. The maximum absolute atomic E-state index is 12.3. The van der Waals surface area contributed by atoms with E-state index in [0.29, 0.717) is 12.8 Å². The van der Waals surface area contributed by atoms with Crippen molar-refractivity contribution >= 4 is 11.9 Å². The minimum Gasteiger partial charge on any atom is -0.462 e. The number of unbranched alkanes of at least 4 members (excludes halogenated alkanes) is 44. The van der Waals surface area contributed by atoms with Gasteiger partial charge < -0.3 is 14.6 Å². The van der Waals surface area contributed by atoms with Crippen LogP contribution >= 0.6 is 0 Å². The largest absolute Gasteiger partial charge is 0.462 e. The van der Waals surface area contributed by atoms with E-state index in [9.17, 15) is 14.7 Å². The van der Waals surface area contributed by atoms with E-state index in [4.69, 9.17) is 9.47 Å². The van der Waals surface area contributed by atoms with Crippen LogP contribution in [-0.4, -0.2) is 36.4 Å². The van der Waals surface area contributed by atoms with Crippen LogP contribution in [0.15, 0.2) is 0 Å². The van der Waals surface area contributed by atoms with Crippen LogP contribution in [0.5, 0.6) is 0 Å². The third kappa shape index (κ3) is 49.6. The SMILES string of the molecule is CCCCCCCCCCCCCCCCCCCCCCCCCCCCCCCCCC(=O)OC(CO)COC(=O)CCCCCCCCCCCCCCCCC. The number of esters is 2. The van der Waals surface area contributed by atoms with Crippen LogP contribution < -0.4 is 0 Å². The molecule has 0 saturated carbocycles. The van der Waals surface area contributed by atoms with Crippen LogP contribution in [-0.2, 0) is 19.1 Å². The molecule has 60 heavy (non-hydrogen) atoms. The molecule has 1 unspecified atom stereocenters. The molecule has 0 aliphatic heterocycles. The number of hydrogen-bond donors (Lipinski definition) is 1. The first-order valence-electron chi connectivity index (χ1n) is 27.6. The Balaban J connectivity index is 3.36. The molecule has 0 spiro atoms. The molecule has 0 aromatic rings. The lowest BCUT2D eigenvalue weighted by atomic mass is 10.0. The Bertz CT molecular complexity index is 830. The first kappa shape index (κ1) is 58.9. The molecule has 0 aliphatic rings. The van der Waals surface area contributed by atoms with Gasteiger partial charge in [0.1, 0.15) is 6.61 Å². The lowest BCUT2D eigenvalue weighted by Gasteiger charge is -2.15. The summed E-state index contributed by atoms with van der Waals surface area (Å²) in [6.45, 7) is 4.20. The second kappa shape index (κ2) is 52.2. The Morgan fingerprint density at radius 1 is 0.317 bits per heavy atom. The Kier molecular flexibility index (Phi) is 51.3. The van der Waals surface area contributed by atoms with Crippen molar-refractivity contribution < 1.29 is 24.2 Å². The fourth-order valence-electron chi connectivity index (χ4n) is 8.74. The molecular weight excluding hydrogens is 741 g/mol. The van der Waals surface area contributed by atoms with Gasteiger partial charge >= 0.3 is 11.9 Å². The number of carbonyl (C=O) groups excluding carboxylic acids is 2. The van der Waals surface area contributed by atoms with Crippen molar-refractivity contribution in [1.82, 2.24) is 0 Å². The van der Waals surface area contributed by atoms with Gasteiger partial charge in [0.25, 0.3) is 0 Å². The Morgan fingerprint density at radius 3 is 0.733 bits per heavy atom. The molecule has 5 nitrogen and oxygen atoms in total. The molecule has 358 valence electrons. The fourth-order valence-corrected chi connectivity index (χ4v) is 8.74. The Hall–Kier alpha value is -1.10. The summed E-state index contributed by atoms with van der Waals surface area (Å²) >= 11 is 0. The third-order valence-corrected chi connectivity index (χ3v) is 12.9. The average molecular weight is 849 g/mol. The van der Waals surface area contributed by atoms with Gasteiger partial charge in [0.15, 0.2) is 6.10 Å². The smallest absolute Gasteiger partial charge is 0.306 e. The van der Waals surface area contributed by atoms with Gasteiger partial charge in [0.2, 0.25) is 0 Å². The topological polar surface area (TPSA) is 72.8 Å². The molecule has 0 aromatic carbocycles. The number of rotatable bonds is 52. The quantitative estimate of drug-likeness (QED) is 0.0488. The maximum atomic E-state index is 12.3. The van der Waals surface area contributed by atoms with E-state index in [1.54, 1.807) is 0 Å². The number of aliphatic hydroxyl groups is 1. The van der Waals surface area contributed by atoms with Crippen LogP contribution in [0.1, 0.15) is 322 Å². The molecule has 1 atom stereocenters. The molecule has 0 bridgehead atoms. The van der Waals surface area contributed by atoms with Crippen molar-refractivity contribution in [2.24, 2.45) is 0 Å². The van der Waals surface area contributed by atoms with Crippen molar-refractivity contribution in [3.8, 4) is 0 Å². The van der Waals surface area contributed by atoms with Crippen LogP contribution in [0, 0.1) is 0 Å². The molecule has 0 fully saturated rings. The summed E-state index contributed by atoms with van der Waals surface area (Å²) in [6.07, 6.45) is 62.3. The zero-order valence-electron chi connectivity index (χ0n) is 41.0. The van der Waals surface area contributed by atoms with Gasteiger partial charge in [-0.3, -0.25) is 9.59 Å². The van der Waals surface area contributed by atoms with Crippen molar-refractivity contribution in [3.63, 3.8) is 0 Å². The van der Waals surface area contributed by atoms with Gasteiger partial charge in [-0.15, -0.1) is 0 Å². The summed E-state index contributed by atoms with van der Waals surface area (Å²) in [5.41, 5.74) is 0. The first-order chi connectivity index (χ1) is 29.6. The number of hydrogen-bond acceptors (Lipinski definition) is 5. The summed E-state index contributed by atoms with van der Waals surface area (Å²) < 4.78 is 10.7. The second-order valence-corrected chi connectivity index (χ2v) is 19.0. The minimum atomic E-state index is -0.763. The van der Waals surface area contributed by atoms with E-state index in [0.717, 1.165) is 32.1 Å². The normalized spacial score (nSPS) is 12.0. The van der Waals surface area contributed by atoms with Crippen molar-refractivity contribution in [3.05, 3.63) is 0 Å². The van der Waals surface area contributed by atoms with Gasteiger partial charge in [0, 0.05) is 12.8 Å². The number of ether oxygens (including phenoxy) is 2. The molecule has 0 heterocycles. The zero-order valence-corrected chi connectivity index (χ0v) is 41.0. The molecule has 0 saturated heterocycles. The molecule has 5 heteroatoms. The van der Waals surface area contributed by atoms with E-state index in [-0.39, 0.29) is 25.2 Å². The Morgan fingerprint density at radius 2 is 0.517 bits per heavy atom. The lowest BCUT2D eigenvalue weighted by Crippen LogP contribution is -2.28. The van der Waals surface area contributed by atoms with Gasteiger partial charge in [-0.1, -0.05) is 296 Å². The van der Waals surface area contributed by atoms with E-state index >= 15 is 0 Å². The zero-order chi connectivity index (χ0) is 43.5.